The minimum Gasteiger partial charge on any atom is -0.335 e. The number of amides is 3. The summed E-state index contributed by atoms with van der Waals surface area (Å²) in [5, 5.41) is 4.20. The van der Waals surface area contributed by atoms with Gasteiger partial charge in [-0.05, 0) is 43.0 Å². The van der Waals surface area contributed by atoms with Gasteiger partial charge in [-0.3, -0.25) is 9.48 Å². The second kappa shape index (κ2) is 8.46. The van der Waals surface area contributed by atoms with Gasteiger partial charge in [-0.25, -0.2) is 4.79 Å². The second-order valence-corrected chi connectivity index (χ2v) is 7.51. The summed E-state index contributed by atoms with van der Waals surface area (Å²) in [6.07, 6.45) is 7.09. The molecule has 2 saturated heterocycles. The number of nitrogens with zero attached hydrogens (tertiary/aromatic N) is 5. The first-order chi connectivity index (χ1) is 13.7. The lowest BCUT2D eigenvalue weighted by atomic mass is 10.1. The Morgan fingerprint density at radius 2 is 1.46 bits per heavy atom. The van der Waals surface area contributed by atoms with Crippen LogP contribution in [-0.4, -0.2) is 75.7 Å². The molecular formula is C21H27N5O2. The highest BCUT2D eigenvalue weighted by atomic mass is 16.2. The number of urea groups is 1. The van der Waals surface area contributed by atoms with Crippen molar-refractivity contribution in [1.29, 1.82) is 0 Å². The van der Waals surface area contributed by atoms with Crippen LogP contribution in [0.4, 0.5) is 4.79 Å². The molecule has 2 aromatic rings. The van der Waals surface area contributed by atoms with E-state index in [1.165, 1.54) is 6.42 Å². The number of likely N-dealkylation sites (tertiary alicyclic amines) is 1. The molecule has 2 aliphatic rings. The molecule has 0 aliphatic carbocycles. The van der Waals surface area contributed by atoms with Crippen molar-refractivity contribution in [1.82, 2.24) is 24.5 Å². The Balaban J connectivity index is 1.30. The highest BCUT2D eigenvalue weighted by molar-refractivity contribution is 5.94. The molecule has 7 heteroatoms. The molecule has 0 unspecified atom stereocenters. The maximum Gasteiger partial charge on any atom is 0.320 e. The zero-order valence-corrected chi connectivity index (χ0v) is 16.2. The fraction of sp³-hybridized carbons (Fsp3) is 0.476. The predicted molar refractivity (Wildman–Crippen MR) is 106 cm³/mol. The van der Waals surface area contributed by atoms with Gasteiger partial charge in [-0.1, -0.05) is 12.1 Å². The first kappa shape index (κ1) is 18.5. The van der Waals surface area contributed by atoms with E-state index in [1.807, 2.05) is 55.9 Å². The van der Waals surface area contributed by atoms with Gasteiger partial charge in [0, 0.05) is 57.2 Å². The van der Waals surface area contributed by atoms with E-state index in [4.69, 9.17) is 0 Å². The number of piperazine rings is 1. The summed E-state index contributed by atoms with van der Waals surface area (Å²) in [6.45, 7) is 4.82. The lowest BCUT2D eigenvalue weighted by molar-refractivity contribution is 0.0633. The van der Waals surface area contributed by atoms with E-state index in [2.05, 4.69) is 5.10 Å². The fourth-order valence-corrected chi connectivity index (χ4v) is 3.90. The molecule has 0 spiro atoms. The van der Waals surface area contributed by atoms with Gasteiger partial charge in [-0.15, -0.1) is 0 Å². The minimum absolute atomic E-state index is 0.0377. The smallest absolute Gasteiger partial charge is 0.320 e. The van der Waals surface area contributed by atoms with Gasteiger partial charge in [0.1, 0.15) is 0 Å². The minimum atomic E-state index is 0.0377. The standard InChI is InChI=1S/C21H27N5O2/c27-20(19-7-5-18(6-8-19)17-26-12-4-9-22-26)23-13-15-25(16-14-23)21(28)24-10-2-1-3-11-24/h4-9,12H,1-3,10-11,13-17H2. The first-order valence-corrected chi connectivity index (χ1v) is 10.1. The zero-order chi connectivity index (χ0) is 19.3. The largest absolute Gasteiger partial charge is 0.335 e. The van der Waals surface area contributed by atoms with Crippen LogP contribution in [0.15, 0.2) is 42.7 Å². The molecule has 7 nitrogen and oxygen atoms in total. The number of aromatic nitrogens is 2. The van der Waals surface area contributed by atoms with E-state index in [9.17, 15) is 9.59 Å². The summed E-state index contributed by atoms with van der Waals surface area (Å²) >= 11 is 0. The summed E-state index contributed by atoms with van der Waals surface area (Å²) < 4.78 is 1.86. The van der Waals surface area contributed by atoms with E-state index in [0.29, 0.717) is 38.3 Å². The molecule has 0 radical (unpaired) electrons. The molecule has 0 saturated carbocycles. The van der Waals surface area contributed by atoms with Crippen molar-refractivity contribution in [2.75, 3.05) is 39.3 Å². The summed E-state index contributed by atoms with van der Waals surface area (Å²) in [6, 6.07) is 9.75. The normalized spacial score (nSPS) is 17.6. The van der Waals surface area contributed by atoms with Crippen molar-refractivity contribution >= 4 is 11.9 Å². The van der Waals surface area contributed by atoms with Gasteiger partial charge in [0.05, 0.1) is 6.54 Å². The summed E-state index contributed by atoms with van der Waals surface area (Å²) in [5.74, 6) is 0.0377. The van der Waals surface area contributed by atoms with Crippen LogP contribution in [0.2, 0.25) is 0 Å². The van der Waals surface area contributed by atoms with Gasteiger partial charge >= 0.3 is 6.03 Å². The maximum atomic E-state index is 12.8. The third-order valence-corrected chi connectivity index (χ3v) is 5.57. The van der Waals surface area contributed by atoms with Crippen molar-refractivity contribution in [3.8, 4) is 0 Å². The first-order valence-electron chi connectivity index (χ1n) is 10.1. The molecule has 2 aliphatic heterocycles. The van der Waals surface area contributed by atoms with Crippen LogP contribution in [0, 0.1) is 0 Å². The number of carbonyl (C=O) groups excluding carboxylic acids is 2. The van der Waals surface area contributed by atoms with Crippen LogP contribution in [-0.2, 0) is 6.54 Å². The van der Waals surface area contributed by atoms with Gasteiger partial charge < -0.3 is 14.7 Å². The van der Waals surface area contributed by atoms with Crippen molar-refractivity contribution < 1.29 is 9.59 Å². The molecule has 4 rings (SSSR count). The number of carbonyl (C=O) groups is 2. The van der Waals surface area contributed by atoms with Crippen LogP contribution in [0.3, 0.4) is 0 Å². The Kier molecular flexibility index (Phi) is 5.60. The Bertz CT molecular complexity index is 789. The Morgan fingerprint density at radius 3 is 2.11 bits per heavy atom. The van der Waals surface area contributed by atoms with E-state index >= 15 is 0 Å². The third-order valence-electron chi connectivity index (χ3n) is 5.57. The number of piperidine rings is 1. The van der Waals surface area contributed by atoms with Crippen LogP contribution in [0.5, 0.6) is 0 Å². The van der Waals surface area contributed by atoms with Crippen molar-refractivity contribution in [2.24, 2.45) is 0 Å². The van der Waals surface area contributed by atoms with E-state index in [0.717, 1.165) is 31.5 Å². The molecule has 148 valence electrons. The quantitative estimate of drug-likeness (QED) is 0.820. The Hall–Kier alpha value is -2.83. The van der Waals surface area contributed by atoms with Gasteiger partial charge in [0.25, 0.3) is 5.91 Å². The van der Waals surface area contributed by atoms with E-state index < -0.39 is 0 Å². The van der Waals surface area contributed by atoms with E-state index in [-0.39, 0.29) is 11.9 Å². The van der Waals surface area contributed by atoms with Crippen LogP contribution >= 0.6 is 0 Å². The average molecular weight is 381 g/mol. The molecule has 0 bridgehead atoms. The molecule has 1 aromatic heterocycles. The molecular weight excluding hydrogens is 354 g/mol. The van der Waals surface area contributed by atoms with Crippen LogP contribution in [0.25, 0.3) is 0 Å². The summed E-state index contributed by atoms with van der Waals surface area (Å²) in [5.41, 5.74) is 1.80. The number of benzene rings is 1. The molecule has 3 amide bonds. The highest BCUT2D eigenvalue weighted by Gasteiger charge is 2.28. The molecule has 1 aromatic carbocycles. The van der Waals surface area contributed by atoms with Crippen molar-refractivity contribution in [2.45, 2.75) is 25.8 Å². The second-order valence-electron chi connectivity index (χ2n) is 7.51. The SMILES string of the molecule is O=C(c1ccc(Cn2cccn2)cc1)N1CCN(C(=O)N2CCCCC2)CC1. The monoisotopic (exact) mass is 381 g/mol. The zero-order valence-electron chi connectivity index (χ0n) is 16.2. The molecule has 0 N–H and O–H groups in total. The van der Waals surface area contributed by atoms with Crippen molar-refractivity contribution in [3.63, 3.8) is 0 Å². The van der Waals surface area contributed by atoms with Crippen molar-refractivity contribution in [3.05, 3.63) is 53.9 Å². The van der Waals surface area contributed by atoms with Crippen LogP contribution < -0.4 is 0 Å². The summed E-state index contributed by atoms with van der Waals surface area (Å²) in [4.78, 5) is 31.1. The number of hydrogen-bond acceptors (Lipinski definition) is 3. The Labute approximate surface area is 165 Å². The molecule has 2 fully saturated rings. The topological polar surface area (TPSA) is 61.7 Å². The van der Waals surface area contributed by atoms with Crippen LogP contribution in [0.1, 0.15) is 35.2 Å². The number of rotatable bonds is 3. The van der Waals surface area contributed by atoms with Gasteiger partial charge in [0.2, 0.25) is 0 Å². The fourth-order valence-electron chi connectivity index (χ4n) is 3.90. The average Bonchev–Trinajstić information content (AvgIpc) is 3.27. The molecule has 0 atom stereocenters. The maximum absolute atomic E-state index is 12.8. The number of hydrogen-bond donors (Lipinski definition) is 0. The lowest BCUT2D eigenvalue weighted by Crippen LogP contribution is -2.54. The predicted octanol–water partition coefficient (Wildman–Crippen LogP) is 2.30. The lowest BCUT2D eigenvalue weighted by Gasteiger charge is -2.38. The summed E-state index contributed by atoms with van der Waals surface area (Å²) in [7, 11) is 0. The highest BCUT2D eigenvalue weighted by Crippen LogP contribution is 2.15. The Morgan fingerprint density at radius 1 is 0.821 bits per heavy atom. The van der Waals surface area contributed by atoms with Gasteiger partial charge in [-0.2, -0.15) is 5.10 Å². The third kappa shape index (κ3) is 4.18. The molecule has 28 heavy (non-hydrogen) atoms. The van der Waals surface area contributed by atoms with E-state index in [1.54, 1.807) is 6.20 Å². The van der Waals surface area contributed by atoms with Gasteiger partial charge in [0.15, 0.2) is 0 Å². The molecule has 3 heterocycles.